The Morgan fingerprint density at radius 3 is 2.62 bits per heavy atom. The molecule has 1 atom stereocenters. The van der Waals surface area contributed by atoms with Crippen LogP contribution in [-0.2, 0) is 0 Å². The summed E-state index contributed by atoms with van der Waals surface area (Å²) in [5.41, 5.74) is 1.69. The van der Waals surface area contributed by atoms with Gasteiger partial charge in [0.1, 0.15) is 10.8 Å². The quantitative estimate of drug-likeness (QED) is 0.647. The molecule has 110 valence electrons. The maximum atomic E-state index is 13.7. The molecule has 0 amide bonds. The van der Waals surface area contributed by atoms with Gasteiger partial charge in [0.05, 0.1) is 11.0 Å². The second-order valence-electron chi connectivity index (χ2n) is 4.76. The standard InChI is InChI=1S/C15H14ClFN2O2/c1-9-7-15(19(20)21)12(16)8-14(9)18-10(2)11-5-3-4-6-13(11)17/h3-8,10,18H,1-2H3. The van der Waals surface area contributed by atoms with Crippen LogP contribution >= 0.6 is 11.6 Å². The second-order valence-corrected chi connectivity index (χ2v) is 5.17. The SMILES string of the molecule is Cc1cc([N+](=O)[O-])c(Cl)cc1NC(C)c1ccccc1F. The van der Waals surface area contributed by atoms with Crippen LogP contribution in [0, 0.1) is 22.9 Å². The average molecular weight is 309 g/mol. The van der Waals surface area contributed by atoms with Gasteiger partial charge in [0.25, 0.3) is 5.69 Å². The first-order valence-electron chi connectivity index (χ1n) is 6.35. The normalized spacial score (nSPS) is 12.0. The van der Waals surface area contributed by atoms with E-state index >= 15 is 0 Å². The van der Waals surface area contributed by atoms with E-state index < -0.39 is 4.92 Å². The highest BCUT2D eigenvalue weighted by molar-refractivity contribution is 6.33. The summed E-state index contributed by atoms with van der Waals surface area (Å²) in [4.78, 5) is 10.3. The van der Waals surface area contributed by atoms with Gasteiger partial charge in [0.2, 0.25) is 0 Å². The second kappa shape index (κ2) is 6.10. The number of nitro benzene ring substituents is 1. The number of nitro groups is 1. The molecule has 0 saturated carbocycles. The molecule has 2 aromatic rings. The van der Waals surface area contributed by atoms with E-state index in [1.165, 1.54) is 18.2 Å². The van der Waals surface area contributed by atoms with Crippen molar-refractivity contribution in [3.05, 3.63) is 68.5 Å². The molecule has 2 rings (SSSR count). The third kappa shape index (κ3) is 3.31. The monoisotopic (exact) mass is 308 g/mol. The third-order valence-corrected chi connectivity index (χ3v) is 3.54. The van der Waals surface area contributed by atoms with Crippen molar-refractivity contribution in [1.29, 1.82) is 0 Å². The number of hydrogen-bond acceptors (Lipinski definition) is 3. The Hall–Kier alpha value is -2.14. The van der Waals surface area contributed by atoms with Crippen LogP contribution in [-0.4, -0.2) is 4.92 Å². The highest BCUT2D eigenvalue weighted by Crippen LogP contribution is 2.32. The van der Waals surface area contributed by atoms with Gasteiger partial charge in [-0.3, -0.25) is 10.1 Å². The zero-order valence-corrected chi connectivity index (χ0v) is 12.3. The molecular weight excluding hydrogens is 295 g/mol. The molecule has 0 fully saturated rings. The highest BCUT2D eigenvalue weighted by Gasteiger charge is 2.17. The van der Waals surface area contributed by atoms with Crippen LogP contribution in [0.25, 0.3) is 0 Å². The van der Waals surface area contributed by atoms with Crippen molar-refractivity contribution in [2.75, 3.05) is 5.32 Å². The van der Waals surface area contributed by atoms with Crippen molar-refractivity contribution >= 4 is 23.0 Å². The molecule has 1 N–H and O–H groups in total. The number of aryl methyl sites for hydroxylation is 1. The molecule has 0 heterocycles. The minimum Gasteiger partial charge on any atom is -0.378 e. The van der Waals surface area contributed by atoms with Gasteiger partial charge >= 0.3 is 0 Å². The lowest BCUT2D eigenvalue weighted by atomic mass is 10.1. The van der Waals surface area contributed by atoms with E-state index in [9.17, 15) is 14.5 Å². The summed E-state index contributed by atoms with van der Waals surface area (Å²) < 4.78 is 13.7. The maximum Gasteiger partial charge on any atom is 0.288 e. The molecule has 6 heteroatoms. The first kappa shape index (κ1) is 15.3. The van der Waals surface area contributed by atoms with E-state index in [0.717, 1.165) is 0 Å². The van der Waals surface area contributed by atoms with Crippen molar-refractivity contribution < 1.29 is 9.31 Å². The van der Waals surface area contributed by atoms with Crippen molar-refractivity contribution in [2.45, 2.75) is 19.9 Å². The zero-order chi connectivity index (χ0) is 15.6. The van der Waals surface area contributed by atoms with Crippen LogP contribution in [0.15, 0.2) is 36.4 Å². The Bertz CT molecular complexity index is 691. The minimum absolute atomic E-state index is 0.0498. The molecule has 2 aromatic carbocycles. The number of anilines is 1. The summed E-state index contributed by atoms with van der Waals surface area (Å²) >= 11 is 5.90. The third-order valence-electron chi connectivity index (χ3n) is 3.23. The molecule has 1 unspecified atom stereocenters. The van der Waals surface area contributed by atoms with E-state index in [0.29, 0.717) is 16.8 Å². The van der Waals surface area contributed by atoms with Crippen molar-refractivity contribution in [1.82, 2.24) is 0 Å². The molecule has 0 aromatic heterocycles. The molecule has 0 saturated heterocycles. The van der Waals surface area contributed by atoms with Crippen LogP contribution in [0.5, 0.6) is 0 Å². The highest BCUT2D eigenvalue weighted by atomic mass is 35.5. The van der Waals surface area contributed by atoms with Crippen molar-refractivity contribution in [2.24, 2.45) is 0 Å². The van der Waals surface area contributed by atoms with Crippen LogP contribution in [0.2, 0.25) is 5.02 Å². The lowest BCUT2D eigenvalue weighted by Crippen LogP contribution is -2.09. The smallest absolute Gasteiger partial charge is 0.288 e. The Labute approximate surface area is 126 Å². The zero-order valence-electron chi connectivity index (χ0n) is 11.6. The molecule has 0 radical (unpaired) electrons. The molecule has 21 heavy (non-hydrogen) atoms. The van der Waals surface area contributed by atoms with Crippen LogP contribution in [0.4, 0.5) is 15.8 Å². The van der Waals surface area contributed by atoms with Gasteiger partial charge in [-0.1, -0.05) is 29.8 Å². The molecule has 4 nitrogen and oxygen atoms in total. The molecular formula is C15H14ClFN2O2. The fourth-order valence-electron chi connectivity index (χ4n) is 2.10. The van der Waals surface area contributed by atoms with Crippen LogP contribution in [0.3, 0.4) is 0 Å². The molecule has 0 bridgehead atoms. The number of rotatable bonds is 4. The number of benzene rings is 2. The summed E-state index contributed by atoms with van der Waals surface area (Å²) in [6.45, 7) is 3.55. The minimum atomic E-state index is -0.528. The molecule has 0 spiro atoms. The number of hydrogen-bond donors (Lipinski definition) is 1. The van der Waals surface area contributed by atoms with Gasteiger partial charge in [-0.25, -0.2) is 4.39 Å². The van der Waals surface area contributed by atoms with Crippen LogP contribution in [0.1, 0.15) is 24.1 Å². The largest absolute Gasteiger partial charge is 0.378 e. The number of nitrogens with one attached hydrogen (secondary N) is 1. The predicted molar refractivity (Wildman–Crippen MR) is 81.3 cm³/mol. The molecule has 0 aliphatic heterocycles. The first-order chi connectivity index (χ1) is 9.90. The Balaban J connectivity index is 2.30. The van der Waals surface area contributed by atoms with Crippen molar-refractivity contribution in [3.8, 4) is 0 Å². The van der Waals surface area contributed by atoms with E-state index in [4.69, 9.17) is 11.6 Å². The lowest BCUT2D eigenvalue weighted by molar-refractivity contribution is -0.384. The Kier molecular flexibility index (Phi) is 4.43. The fraction of sp³-hybridized carbons (Fsp3) is 0.200. The fourth-order valence-corrected chi connectivity index (χ4v) is 2.33. The van der Waals surface area contributed by atoms with Gasteiger partial charge in [0.15, 0.2) is 0 Å². The van der Waals surface area contributed by atoms with Gasteiger partial charge in [-0.05, 0) is 31.5 Å². The predicted octanol–water partition coefficient (Wildman–Crippen LogP) is 4.87. The van der Waals surface area contributed by atoms with E-state index in [1.54, 1.807) is 25.1 Å². The van der Waals surface area contributed by atoms with Gasteiger partial charge in [-0.15, -0.1) is 0 Å². The summed E-state index contributed by atoms with van der Waals surface area (Å²) in [5, 5.41) is 14.0. The summed E-state index contributed by atoms with van der Waals surface area (Å²) in [6, 6.07) is 9.07. The summed E-state index contributed by atoms with van der Waals surface area (Å²) in [6.07, 6.45) is 0. The Morgan fingerprint density at radius 2 is 2.00 bits per heavy atom. The van der Waals surface area contributed by atoms with E-state index in [2.05, 4.69) is 5.32 Å². The summed E-state index contributed by atoms with van der Waals surface area (Å²) in [5.74, 6) is -0.303. The topological polar surface area (TPSA) is 55.2 Å². The first-order valence-corrected chi connectivity index (χ1v) is 6.73. The number of halogens is 2. The Morgan fingerprint density at radius 1 is 1.33 bits per heavy atom. The average Bonchev–Trinajstić information content (AvgIpc) is 2.42. The van der Waals surface area contributed by atoms with E-state index in [-0.39, 0.29) is 22.6 Å². The van der Waals surface area contributed by atoms with Gasteiger partial charge < -0.3 is 5.32 Å². The molecule has 0 aliphatic rings. The molecule has 0 aliphatic carbocycles. The van der Waals surface area contributed by atoms with Gasteiger partial charge in [0, 0.05) is 17.3 Å². The lowest BCUT2D eigenvalue weighted by Gasteiger charge is -2.18. The van der Waals surface area contributed by atoms with Gasteiger partial charge in [-0.2, -0.15) is 0 Å². The maximum absolute atomic E-state index is 13.7. The summed E-state index contributed by atoms with van der Waals surface area (Å²) in [7, 11) is 0. The number of nitrogens with zero attached hydrogens (tertiary/aromatic N) is 1. The van der Waals surface area contributed by atoms with Crippen molar-refractivity contribution in [3.63, 3.8) is 0 Å². The van der Waals surface area contributed by atoms with E-state index in [1.807, 2.05) is 6.92 Å². The van der Waals surface area contributed by atoms with Crippen LogP contribution < -0.4 is 5.32 Å².